The van der Waals surface area contributed by atoms with E-state index in [1.165, 1.54) is 32.1 Å². The van der Waals surface area contributed by atoms with Crippen LogP contribution in [0.2, 0.25) is 0 Å². The zero-order chi connectivity index (χ0) is 9.71. The van der Waals surface area contributed by atoms with Gasteiger partial charge in [-0.15, -0.1) is 0 Å². The minimum atomic E-state index is 0. The van der Waals surface area contributed by atoms with E-state index in [0.717, 1.165) is 23.7 Å². The van der Waals surface area contributed by atoms with Crippen molar-refractivity contribution in [3.8, 4) is 0 Å². The zero-order valence-electron chi connectivity index (χ0n) is 9.15. The van der Waals surface area contributed by atoms with Crippen LogP contribution < -0.4 is 51.4 Å². The molecule has 0 N–H and O–H groups in total. The number of rotatable bonds is 1. The second kappa shape index (κ2) is 5.17. The van der Waals surface area contributed by atoms with Crippen molar-refractivity contribution in [2.45, 2.75) is 38.2 Å². The summed E-state index contributed by atoms with van der Waals surface area (Å²) in [5.74, 6) is 3.69. The van der Waals surface area contributed by atoms with Crippen molar-refractivity contribution in [2.75, 3.05) is 0 Å². The SMILES string of the molecule is S=C([S-])O[C@H]1C[C@H]2C[C@@H]1[C@H]1CCC[C@@H]21.[K+]. The summed E-state index contributed by atoms with van der Waals surface area (Å²) < 4.78 is 5.93. The summed E-state index contributed by atoms with van der Waals surface area (Å²) in [6.45, 7) is 0. The molecule has 3 rings (SSSR count). The van der Waals surface area contributed by atoms with Crippen molar-refractivity contribution in [1.29, 1.82) is 0 Å². The minimum Gasteiger partial charge on any atom is -0.510 e. The Morgan fingerprint density at radius 1 is 1.13 bits per heavy atom. The molecular formula is C11H15KOS2. The maximum atomic E-state index is 5.60. The van der Waals surface area contributed by atoms with Crippen molar-refractivity contribution in [3.63, 3.8) is 0 Å². The largest absolute Gasteiger partial charge is 1.00 e. The molecule has 3 fully saturated rings. The summed E-state index contributed by atoms with van der Waals surface area (Å²) >= 11 is 9.72. The van der Waals surface area contributed by atoms with Crippen LogP contribution >= 0.6 is 12.2 Å². The van der Waals surface area contributed by atoms with Gasteiger partial charge in [-0.3, -0.25) is 0 Å². The van der Waals surface area contributed by atoms with Crippen LogP contribution in [0, 0.1) is 23.7 Å². The molecule has 0 saturated heterocycles. The molecule has 5 atom stereocenters. The molecule has 0 amide bonds. The van der Waals surface area contributed by atoms with Gasteiger partial charge in [-0.1, -0.05) is 6.42 Å². The van der Waals surface area contributed by atoms with Gasteiger partial charge >= 0.3 is 51.4 Å². The van der Waals surface area contributed by atoms with Gasteiger partial charge in [0, 0.05) is 4.38 Å². The number of hydrogen-bond acceptors (Lipinski definition) is 3. The van der Waals surface area contributed by atoms with Crippen LogP contribution in [-0.4, -0.2) is 10.5 Å². The summed E-state index contributed by atoms with van der Waals surface area (Å²) in [5.41, 5.74) is 0. The van der Waals surface area contributed by atoms with Crippen molar-refractivity contribution in [3.05, 3.63) is 0 Å². The molecule has 0 aromatic heterocycles. The monoisotopic (exact) mass is 266 g/mol. The van der Waals surface area contributed by atoms with Crippen LogP contribution in [0.4, 0.5) is 0 Å². The molecular weight excluding hydrogens is 251 g/mol. The van der Waals surface area contributed by atoms with Crippen molar-refractivity contribution in [1.82, 2.24) is 0 Å². The van der Waals surface area contributed by atoms with Gasteiger partial charge in [0.2, 0.25) is 0 Å². The molecule has 78 valence electrons. The summed E-state index contributed by atoms with van der Waals surface area (Å²) in [4.78, 5) is 0. The van der Waals surface area contributed by atoms with Crippen LogP contribution in [0.25, 0.3) is 0 Å². The van der Waals surface area contributed by atoms with Gasteiger partial charge in [0.05, 0.1) is 6.10 Å². The Morgan fingerprint density at radius 2 is 1.87 bits per heavy atom. The van der Waals surface area contributed by atoms with Crippen molar-refractivity contribution in [2.24, 2.45) is 23.7 Å². The van der Waals surface area contributed by atoms with Gasteiger partial charge in [-0.05, 0) is 49.4 Å². The fraction of sp³-hybridized carbons (Fsp3) is 0.909. The second-order valence-corrected chi connectivity index (χ2v) is 6.06. The normalized spacial score (nSPS) is 46.0. The molecule has 0 aliphatic heterocycles. The third-order valence-corrected chi connectivity index (χ3v) is 4.81. The van der Waals surface area contributed by atoms with Crippen LogP contribution in [0.3, 0.4) is 0 Å². The standard InChI is InChI=1S/C11H16OS2.K/c13-11(14)12-10-5-6-4-9(10)8-3-1-2-7(6)8;/h6-10H,1-5H2,(H,13,14);/q;+1/p-1/t6-,7+,8+,9-,10+;/m1./s1. The molecule has 0 spiro atoms. The van der Waals surface area contributed by atoms with E-state index in [-0.39, 0.29) is 51.4 Å². The van der Waals surface area contributed by atoms with Gasteiger partial charge in [0.1, 0.15) is 0 Å². The minimum absolute atomic E-state index is 0. The van der Waals surface area contributed by atoms with Crippen molar-refractivity contribution < 1.29 is 56.1 Å². The predicted molar refractivity (Wildman–Crippen MR) is 61.9 cm³/mol. The Hall–Kier alpha value is 1.75. The molecule has 15 heavy (non-hydrogen) atoms. The predicted octanol–water partition coefficient (Wildman–Crippen LogP) is -0.336. The topological polar surface area (TPSA) is 9.23 Å². The van der Waals surface area contributed by atoms with Gasteiger partial charge in [-0.2, -0.15) is 0 Å². The Bertz CT molecular complexity index is 271. The second-order valence-electron chi connectivity index (χ2n) is 5.06. The fourth-order valence-electron chi connectivity index (χ4n) is 4.26. The average molecular weight is 266 g/mol. The number of ether oxygens (including phenoxy) is 1. The zero-order valence-corrected chi connectivity index (χ0v) is 13.9. The van der Waals surface area contributed by atoms with E-state index < -0.39 is 0 Å². The Balaban J connectivity index is 0.000000853. The maximum Gasteiger partial charge on any atom is 1.00 e. The third kappa shape index (κ3) is 2.33. The molecule has 0 radical (unpaired) electrons. The van der Waals surface area contributed by atoms with Crippen LogP contribution in [-0.2, 0) is 17.4 Å². The number of thiocarbonyl (C=S) groups is 1. The van der Waals surface area contributed by atoms with Gasteiger partial charge in [-0.25, -0.2) is 0 Å². The Kier molecular flexibility index (Phi) is 4.54. The van der Waals surface area contributed by atoms with Crippen LogP contribution in [0.1, 0.15) is 32.1 Å². The molecule has 4 heteroatoms. The first-order valence-electron chi connectivity index (χ1n) is 5.63. The van der Waals surface area contributed by atoms with E-state index >= 15 is 0 Å². The molecule has 0 aromatic carbocycles. The average Bonchev–Trinajstić information content (AvgIpc) is 2.68. The maximum absolute atomic E-state index is 5.60. The summed E-state index contributed by atoms with van der Waals surface area (Å²) in [7, 11) is 0. The molecule has 0 aromatic rings. The number of fused-ring (bicyclic) bond motifs is 5. The van der Waals surface area contributed by atoms with E-state index in [4.69, 9.17) is 29.6 Å². The summed E-state index contributed by atoms with van der Waals surface area (Å²) in [6, 6.07) is 0. The molecule has 1 nitrogen and oxygen atoms in total. The fourth-order valence-corrected chi connectivity index (χ4v) is 4.51. The molecule has 3 saturated carbocycles. The molecule has 0 heterocycles. The Labute approximate surface area is 145 Å². The first kappa shape index (κ1) is 13.2. The van der Waals surface area contributed by atoms with Gasteiger partial charge < -0.3 is 29.6 Å². The van der Waals surface area contributed by atoms with Crippen LogP contribution in [0.15, 0.2) is 0 Å². The molecule has 0 unspecified atom stereocenters. The summed E-state index contributed by atoms with van der Waals surface area (Å²) in [5, 5.41) is 0. The van der Waals surface area contributed by atoms with E-state index in [1.54, 1.807) is 0 Å². The third-order valence-electron chi connectivity index (χ3n) is 4.62. The van der Waals surface area contributed by atoms with E-state index in [9.17, 15) is 0 Å². The first-order valence-corrected chi connectivity index (χ1v) is 6.45. The van der Waals surface area contributed by atoms with Gasteiger partial charge in [0.25, 0.3) is 0 Å². The molecule has 2 bridgehead atoms. The van der Waals surface area contributed by atoms with Crippen LogP contribution in [0.5, 0.6) is 0 Å². The number of hydrogen-bond donors (Lipinski definition) is 0. The molecule has 3 aliphatic carbocycles. The quantitative estimate of drug-likeness (QED) is 0.365. The first-order chi connectivity index (χ1) is 6.75. The van der Waals surface area contributed by atoms with E-state index in [0.29, 0.717) is 10.5 Å². The van der Waals surface area contributed by atoms with Crippen molar-refractivity contribution >= 4 is 29.2 Å². The van der Waals surface area contributed by atoms with E-state index in [2.05, 4.69) is 0 Å². The smallest absolute Gasteiger partial charge is 0.510 e. The van der Waals surface area contributed by atoms with E-state index in [1.807, 2.05) is 0 Å². The van der Waals surface area contributed by atoms with Gasteiger partial charge in [0.15, 0.2) is 0 Å². The summed E-state index contributed by atoms with van der Waals surface area (Å²) in [6.07, 6.45) is 7.32. The molecule has 3 aliphatic rings. The Morgan fingerprint density at radius 3 is 2.60 bits per heavy atom.